The van der Waals surface area contributed by atoms with E-state index in [9.17, 15) is 8.42 Å². The van der Waals surface area contributed by atoms with Gasteiger partial charge < -0.3 is 4.74 Å². The highest BCUT2D eigenvalue weighted by atomic mass is 35.5. The molecule has 0 aliphatic carbocycles. The molecule has 6 heteroatoms. The maximum absolute atomic E-state index is 12.2. The molecule has 118 valence electrons. The van der Waals surface area contributed by atoms with Gasteiger partial charge in [0.15, 0.2) is 0 Å². The van der Waals surface area contributed by atoms with Gasteiger partial charge in [0.05, 0.1) is 12.9 Å². The van der Waals surface area contributed by atoms with Crippen LogP contribution in [-0.4, -0.2) is 15.5 Å². The molecule has 1 atom stereocenters. The second-order valence-corrected chi connectivity index (χ2v) is 7.19. The van der Waals surface area contributed by atoms with Crippen LogP contribution in [0.15, 0.2) is 48.5 Å². The third-order valence-corrected chi connectivity index (χ3v) is 4.92. The van der Waals surface area contributed by atoms with Gasteiger partial charge in [-0.1, -0.05) is 35.9 Å². The number of nitrogens with one attached hydrogen (secondary N) is 1. The van der Waals surface area contributed by atoms with Gasteiger partial charge in [0.2, 0.25) is 10.0 Å². The largest absolute Gasteiger partial charge is 0.497 e. The van der Waals surface area contributed by atoms with Gasteiger partial charge in [-0.3, -0.25) is 0 Å². The number of methoxy groups -OCH3 is 1. The Morgan fingerprint density at radius 1 is 1.09 bits per heavy atom. The lowest BCUT2D eigenvalue weighted by Crippen LogP contribution is -2.28. The van der Waals surface area contributed by atoms with Gasteiger partial charge in [-0.15, -0.1) is 0 Å². The minimum Gasteiger partial charge on any atom is -0.497 e. The van der Waals surface area contributed by atoms with Crippen molar-refractivity contribution < 1.29 is 13.2 Å². The summed E-state index contributed by atoms with van der Waals surface area (Å²) < 4.78 is 32.2. The standard InChI is InChI=1S/C16H18ClNO3S/c1-12(14-5-9-16(21-2)10-6-14)18-22(19,20)11-13-3-7-15(17)8-4-13/h3-10,12,18H,11H2,1-2H3. The Morgan fingerprint density at radius 2 is 1.68 bits per heavy atom. The number of ether oxygens (including phenoxy) is 1. The molecular formula is C16H18ClNO3S. The molecule has 4 nitrogen and oxygen atoms in total. The van der Waals surface area contributed by atoms with E-state index in [-0.39, 0.29) is 11.8 Å². The Balaban J connectivity index is 2.05. The molecule has 1 unspecified atom stereocenters. The van der Waals surface area contributed by atoms with Gasteiger partial charge in [-0.05, 0) is 42.3 Å². The Morgan fingerprint density at radius 3 is 2.23 bits per heavy atom. The molecule has 2 rings (SSSR count). The Kier molecular flexibility index (Phi) is 5.45. The average Bonchev–Trinajstić information content (AvgIpc) is 2.49. The first-order valence-corrected chi connectivity index (χ1v) is 8.81. The number of halogens is 1. The van der Waals surface area contributed by atoms with E-state index < -0.39 is 10.0 Å². The van der Waals surface area contributed by atoms with Crippen molar-refractivity contribution in [3.63, 3.8) is 0 Å². The first kappa shape index (κ1) is 16.8. The molecule has 0 aliphatic heterocycles. The monoisotopic (exact) mass is 339 g/mol. The molecule has 0 saturated carbocycles. The van der Waals surface area contributed by atoms with Gasteiger partial charge in [-0.2, -0.15) is 0 Å². The molecule has 0 bridgehead atoms. The molecule has 0 aromatic heterocycles. The van der Waals surface area contributed by atoms with Crippen LogP contribution in [0, 0.1) is 0 Å². The minimum atomic E-state index is -3.43. The second-order valence-electron chi connectivity index (χ2n) is 5.00. The summed E-state index contributed by atoms with van der Waals surface area (Å²) in [6.45, 7) is 1.81. The second kappa shape index (κ2) is 7.13. The average molecular weight is 340 g/mol. The molecule has 0 heterocycles. The first-order chi connectivity index (χ1) is 10.4. The zero-order chi connectivity index (χ0) is 16.2. The van der Waals surface area contributed by atoms with E-state index in [1.807, 2.05) is 12.1 Å². The van der Waals surface area contributed by atoms with Crippen LogP contribution in [0.3, 0.4) is 0 Å². The maximum Gasteiger partial charge on any atom is 0.216 e. The Hall–Kier alpha value is -1.56. The van der Waals surface area contributed by atoms with Crippen LogP contribution in [0.1, 0.15) is 24.1 Å². The Bertz CT molecular complexity index is 712. The van der Waals surface area contributed by atoms with Crippen LogP contribution in [0.25, 0.3) is 0 Å². The molecule has 22 heavy (non-hydrogen) atoms. The summed E-state index contributed by atoms with van der Waals surface area (Å²) in [5.41, 5.74) is 1.57. The Labute approximate surface area is 136 Å². The summed E-state index contributed by atoms with van der Waals surface area (Å²) in [5.74, 6) is 0.657. The van der Waals surface area contributed by atoms with Crippen LogP contribution >= 0.6 is 11.6 Å². The quantitative estimate of drug-likeness (QED) is 0.876. The fourth-order valence-corrected chi connectivity index (χ4v) is 3.59. The number of hydrogen-bond acceptors (Lipinski definition) is 3. The van der Waals surface area contributed by atoms with Crippen LogP contribution in [0.2, 0.25) is 5.02 Å². The summed E-state index contributed by atoms with van der Waals surface area (Å²) in [5, 5.41) is 0.584. The molecule has 0 aliphatic rings. The molecule has 1 N–H and O–H groups in total. The van der Waals surface area contributed by atoms with Crippen molar-refractivity contribution >= 4 is 21.6 Å². The fraction of sp³-hybridized carbons (Fsp3) is 0.250. The van der Waals surface area contributed by atoms with Crippen molar-refractivity contribution in [1.82, 2.24) is 4.72 Å². The normalized spacial score (nSPS) is 12.9. The van der Waals surface area contributed by atoms with Gasteiger partial charge in [0.25, 0.3) is 0 Å². The maximum atomic E-state index is 12.2. The van der Waals surface area contributed by atoms with Crippen LogP contribution in [-0.2, 0) is 15.8 Å². The van der Waals surface area contributed by atoms with E-state index in [2.05, 4.69) is 4.72 Å². The van der Waals surface area contributed by atoms with Crippen molar-refractivity contribution in [2.24, 2.45) is 0 Å². The lowest BCUT2D eigenvalue weighted by atomic mass is 10.1. The molecule has 0 saturated heterocycles. The van der Waals surface area contributed by atoms with Crippen molar-refractivity contribution in [1.29, 1.82) is 0 Å². The minimum absolute atomic E-state index is 0.0787. The highest BCUT2D eigenvalue weighted by Gasteiger charge is 2.16. The van der Waals surface area contributed by atoms with Crippen LogP contribution in [0.4, 0.5) is 0 Å². The van der Waals surface area contributed by atoms with Gasteiger partial charge in [-0.25, -0.2) is 13.1 Å². The summed E-state index contributed by atoms with van der Waals surface area (Å²) >= 11 is 5.80. The van der Waals surface area contributed by atoms with Crippen LogP contribution < -0.4 is 9.46 Å². The molecule has 0 fully saturated rings. The van der Waals surface area contributed by atoms with Gasteiger partial charge in [0, 0.05) is 11.1 Å². The number of hydrogen-bond donors (Lipinski definition) is 1. The van der Waals surface area contributed by atoms with Crippen molar-refractivity contribution in [3.8, 4) is 5.75 Å². The highest BCUT2D eigenvalue weighted by molar-refractivity contribution is 7.88. The third kappa shape index (κ3) is 4.73. The predicted octanol–water partition coefficient (Wildman–Crippen LogP) is 3.53. The topological polar surface area (TPSA) is 55.4 Å². The number of rotatable bonds is 6. The van der Waals surface area contributed by atoms with E-state index in [1.54, 1.807) is 50.4 Å². The van der Waals surface area contributed by atoms with Crippen molar-refractivity contribution in [3.05, 3.63) is 64.7 Å². The molecule has 2 aromatic carbocycles. The summed E-state index contributed by atoms with van der Waals surface area (Å²) in [6, 6.07) is 13.8. The van der Waals surface area contributed by atoms with E-state index in [0.717, 1.165) is 11.3 Å². The van der Waals surface area contributed by atoms with E-state index in [1.165, 1.54) is 0 Å². The van der Waals surface area contributed by atoms with Crippen molar-refractivity contribution in [2.75, 3.05) is 7.11 Å². The summed E-state index contributed by atoms with van der Waals surface area (Å²) in [4.78, 5) is 0. The van der Waals surface area contributed by atoms with Gasteiger partial charge in [0.1, 0.15) is 5.75 Å². The van der Waals surface area contributed by atoms with E-state index in [4.69, 9.17) is 16.3 Å². The van der Waals surface area contributed by atoms with Crippen molar-refractivity contribution in [2.45, 2.75) is 18.7 Å². The summed E-state index contributed by atoms with van der Waals surface area (Å²) in [7, 11) is -1.84. The zero-order valence-electron chi connectivity index (χ0n) is 12.4. The third-order valence-electron chi connectivity index (χ3n) is 3.24. The molecule has 0 amide bonds. The highest BCUT2D eigenvalue weighted by Crippen LogP contribution is 2.19. The molecular weight excluding hydrogens is 322 g/mol. The lowest BCUT2D eigenvalue weighted by molar-refractivity contribution is 0.414. The lowest BCUT2D eigenvalue weighted by Gasteiger charge is -2.15. The number of benzene rings is 2. The fourth-order valence-electron chi connectivity index (χ4n) is 2.07. The van der Waals surface area contributed by atoms with E-state index >= 15 is 0 Å². The molecule has 0 spiro atoms. The SMILES string of the molecule is COc1ccc(C(C)NS(=O)(=O)Cc2ccc(Cl)cc2)cc1. The van der Waals surface area contributed by atoms with E-state index in [0.29, 0.717) is 10.6 Å². The molecule has 0 radical (unpaired) electrons. The first-order valence-electron chi connectivity index (χ1n) is 6.78. The smallest absolute Gasteiger partial charge is 0.216 e. The summed E-state index contributed by atoms with van der Waals surface area (Å²) in [6.07, 6.45) is 0. The number of sulfonamides is 1. The van der Waals surface area contributed by atoms with Crippen LogP contribution in [0.5, 0.6) is 5.75 Å². The zero-order valence-corrected chi connectivity index (χ0v) is 14.0. The van der Waals surface area contributed by atoms with Gasteiger partial charge >= 0.3 is 0 Å². The molecule has 2 aromatic rings. The predicted molar refractivity (Wildman–Crippen MR) is 88.6 cm³/mol.